The predicted molar refractivity (Wildman–Crippen MR) is 106 cm³/mol. The van der Waals surface area contributed by atoms with Crippen molar-refractivity contribution in [1.29, 1.82) is 0 Å². The molecule has 0 aliphatic carbocycles. The standard InChI is InChI=1S/C19H26N2O4S/c1-3-5-6-7-14-25-16-10-8-15(9-11-16)20-19(26)21-17(22)12-13-18(23)24-4-2/h8-13H,3-7,14H2,1-2H3,(H2,20,21,22,26)/b13-12+. The maximum absolute atomic E-state index is 11.6. The molecule has 0 unspecified atom stereocenters. The van der Waals surface area contributed by atoms with Crippen LogP contribution in [0.5, 0.6) is 5.75 Å². The van der Waals surface area contributed by atoms with E-state index in [-0.39, 0.29) is 11.7 Å². The van der Waals surface area contributed by atoms with E-state index in [1.54, 1.807) is 6.92 Å². The van der Waals surface area contributed by atoms with Crippen LogP contribution in [0.2, 0.25) is 0 Å². The Hall–Kier alpha value is -2.41. The molecule has 1 aromatic rings. The van der Waals surface area contributed by atoms with Crippen molar-refractivity contribution in [2.24, 2.45) is 0 Å². The van der Waals surface area contributed by atoms with Crippen LogP contribution in [-0.4, -0.2) is 30.2 Å². The van der Waals surface area contributed by atoms with Crippen LogP contribution in [0, 0.1) is 0 Å². The number of anilines is 1. The Balaban J connectivity index is 2.35. The minimum Gasteiger partial charge on any atom is -0.494 e. The molecule has 0 spiro atoms. The summed E-state index contributed by atoms with van der Waals surface area (Å²) < 4.78 is 10.4. The first-order valence-electron chi connectivity index (χ1n) is 8.74. The first kappa shape index (κ1) is 21.6. The summed E-state index contributed by atoms with van der Waals surface area (Å²) in [7, 11) is 0. The van der Waals surface area contributed by atoms with Crippen LogP contribution in [0.3, 0.4) is 0 Å². The number of thiocarbonyl (C=S) groups is 1. The highest BCUT2D eigenvalue weighted by molar-refractivity contribution is 7.80. The van der Waals surface area contributed by atoms with E-state index in [0.29, 0.717) is 6.61 Å². The summed E-state index contributed by atoms with van der Waals surface area (Å²) in [6.07, 6.45) is 6.77. The van der Waals surface area contributed by atoms with Crippen LogP contribution in [0.25, 0.3) is 0 Å². The zero-order valence-electron chi connectivity index (χ0n) is 15.2. The Morgan fingerprint density at radius 3 is 2.46 bits per heavy atom. The van der Waals surface area contributed by atoms with Gasteiger partial charge in [-0.15, -0.1) is 0 Å². The number of benzene rings is 1. The van der Waals surface area contributed by atoms with Crippen molar-refractivity contribution in [3.05, 3.63) is 36.4 Å². The zero-order chi connectivity index (χ0) is 19.2. The summed E-state index contributed by atoms with van der Waals surface area (Å²) in [5.74, 6) is -0.297. The number of nitrogens with one attached hydrogen (secondary N) is 2. The van der Waals surface area contributed by atoms with Gasteiger partial charge in [0.2, 0.25) is 5.91 Å². The molecule has 1 aromatic carbocycles. The van der Waals surface area contributed by atoms with Crippen molar-refractivity contribution in [2.45, 2.75) is 39.5 Å². The van der Waals surface area contributed by atoms with E-state index in [1.165, 1.54) is 19.3 Å². The molecule has 6 nitrogen and oxygen atoms in total. The van der Waals surface area contributed by atoms with Gasteiger partial charge < -0.3 is 14.8 Å². The minimum atomic E-state index is -0.577. The van der Waals surface area contributed by atoms with E-state index in [0.717, 1.165) is 30.0 Å². The molecule has 0 aliphatic heterocycles. The third kappa shape index (κ3) is 9.78. The number of amides is 1. The van der Waals surface area contributed by atoms with Gasteiger partial charge in [-0.2, -0.15) is 0 Å². The maximum Gasteiger partial charge on any atom is 0.330 e. The molecule has 142 valence electrons. The lowest BCUT2D eigenvalue weighted by Crippen LogP contribution is -2.32. The highest BCUT2D eigenvalue weighted by Gasteiger charge is 2.03. The Bertz CT molecular complexity index is 614. The monoisotopic (exact) mass is 378 g/mol. The summed E-state index contributed by atoms with van der Waals surface area (Å²) in [6.45, 7) is 4.82. The molecule has 0 aliphatic rings. The van der Waals surface area contributed by atoms with Gasteiger partial charge >= 0.3 is 5.97 Å². The Morgan fingerprint density at radius 2 is 1.81 bits per heavy atom. The highest BCUT2D eigenvalue weighted by atomic mass is 32.1. The van der Waals surface area contributed by atoms with Crippen LogP contribution in [0.4, 0.5) is 5.69 Å². The smallest absolute Gasteiger partial charge is 0.330 e. The van der Waals surface area contributed by atoms with Crippen LogP contribution >= 0.6 is 12.2 Å². The zero-order valence-corrected chi connectivity index (χ0v) is 16.1. The fourth-order valence-electron chi connectivity index (χ4n) is 2.00. The van der Waals surface area contributed by atoms with Gasteiger partial charge in [-0.3, -0.25) is 10.1 Å². The van der Waals surface area contributed by atoms with Crippen LogP contribution in [-0.2, 0) is 14.3 Å². The molecule has 7 heteroatoms. The second-order valence-corrected chi connectivity index (χ2v) is 5.87. The van der Waals surface area contributed by atoms with E-state index in [4.69, 9.17) is 17.0 Å². The first-order chi connectivity index (χ1) is 12.5. The fraction of sp³-hybridized carbons (Fsp3) is 0.421. The number of hydrogen-bond acceptors (Lipinski definition) is 5. The summed E-state index contributed by atoms with van der Waals surface area (Å²) >= 11 is 5.06. The molecular formula is C19H26N2O4S. The molecule has 0 heterocycles. The maximum atomic E-state index is 11.6. The number of rotatable bonds is 10. The van der Waals surface area contributed by atoms with Gasteiger partial charge in [-0.25, -0.2) is 4.79 Å². The molecule has 0 aromatic heterocycles. The van der Waals surface area contributed by atoms with Crippen LogP contribution in [0.15, 0.2) is 36.4 Å². The molecule has 1 rings (SSSR count). The van der Waals surface area contributed by atoms with Crippen molar-refractivity contribution in [3.8, 4) is 5.75 Å². The number of unbranched alkanes of at least 4 members (excludes halogenated alkanes) is 3. The van der Waals surface area contributed by atoms with Gasteiger partial charge in [0, 0.05) is 17.8 Å². The van der Waals surface area contributed by atoms with Gasteiger partial charge in [0.15, 0.2) is 5.11 Å². The lowest BCUT2D eigenvalue weighted by molar-refractivity contribution is -0.137. The number of carbonyl (C=O) groups is 2. The third-order valence-corrected chi connectivity index (χ3v) is 3.48. The quantitative estimate of drug-likeness (QED) is 0.280. The van der Waals surface area contributed by atoms with Crippen molar-refractivity contribution in [3.63, 3.8) is 0 Å². The molecule has 0 atom stereocenters. The molecule has 26 heavy (non-hydrogen) atoms. The molecule has 0 saturated heterocycles. The predicted octanol–water partition coefficient (Wildman–Crippen LogP) is 3.58. The fourth-order valence-corrected chi connectivity index (χ4v) is 2.22. The van der Waals surface area contributed by atoms with Gasteiger partial charge in [0.25, 0.3) is 0 Å². The normalized spacial score (nSPS) is 10.4. The van der Waals surface area contributed by atoms with Gasteiger partial charge in [0.05, 0.1) is 13.2 Å². The Morgan fingerprint density at radius 1 is 1.08 bits per heavy atom. The molecular weight excluding hydrogens is 352 g/mol. The molecule has 2 N–H and O–H groups in total. The lowest BCUT2D eigenvalue weighted by Gasteiger charge is -2.10. The second-order valence-electron chi connectivity index (χ2n) is 5.46. The lowest BCUT2D eigenvalue weighted by atomic mass is 10.2. The van der Waals surface area contributed by atoms with Gasteiger partial charge in [0.1, 0.15) is 5.75 Å². The second kappa shape index (κ2) is 12.9. The molecule has 0 saturated carbocycles. The first-order valence-corrected chi connectivity index (χ1v) is 9.15. The molecule has 0 bridgehead atoms. The average Bonchev–Trinajstić information content (AvgIpc) is 2.61. The summed E-state index contributed by atoms with van der Waals surface area (Å²) in [5.41, 5.74) is 0.725. The van der Waals surface area contributed by atoms with Crippen molar-refractivity contribution in [2.75, 3.05) is 18.5 Å². The topological polar surface area (TPSA) is 76.7 Å². The Labute approximate surface area is 159 Å². The largest absolute Gasteiger partial charge is 0.494 e. The summed E-state index contributed by atoms with van der Waals surface area (Å²) in [4.78, 5) is 22.8. The summed E-state index contributed by atoms with van der Waals surface area (Å²) in [5, 5.41) is 5.48. The molecule has 0 fully saturated rings. The van der Waals surface area contributed by atoms with Gasteiger partial charge in [-0.05, 0) is 49.8 Å². The van der Waals surface area contributed by atoms with E-state index in [1.807, 2.05) is 24.3 Å². The average molecular weight is 378 g/mol. The molecule has 1 amide bonds. The summed E-state index contributed by atoms with van der Waals surface area (Å²) in [6, 6.07) is 7.31. The van der Waals surface area contributed by atoms with Gasteiger partial charge in [-0.1, -0.05) is 26.2 Å². The van der Waals surface area contributed by atoms with Crippen LogP contribution in [0.1, 0.15) is 39.5 Å². The number of esters is 1. The number of carbonyl (C=O) groups excluding carboxylic acids is 2. The van der Waals surface area contributed by atoms with E-state index >= 15 is 0 Å². The van der Waals surface area contributed by atoms with Crippen molar-refractivity contribution < 1.29 is 19.1 Å². The number of hydrogen-bond donors (Lipinski definition) is 2. The highest BCUT2D eigenvalue weighted by Crippen LogP contribution is 2.16. The van der Waals surface area contributed by atoms with E-state index in [2.05, 4.69) is 22.3 Å². The van der Waals surface area contributed by atoms with Crippen LogP contribution < -0.4 is 15.4 Å². The van der Waals surface area contributed by atoms with E-state index < -0.39 is 11.9 Å². The third-order valence-electron chi connectivity index (χ3n) is 3.27. The number of ether oxygens (including phenoxy) is 2. The Kier molecular flexibility index (Phi) is 10.7. The molecule has 0 radical (unpaired) electrons. The van der Waals surface area contributed by atoms with Crippen molar-refractivity contribution in [1.82, 2.24) is 5.32 Å². The minimum absolute atomic E-state index is 0.136. The van der Waals surface area contributed by atoms with E-state index in [9.17, 15) is 9.59 Å². The SMILES string of the molecule is CCCCCCOc1ccc(NC(=S)NC(=O)/C=C/C(=O)OCC)cc1. The van der Waals surface area contributed by atoms with Crippen molar-refractivity contribution >= 4 is 34.9 Å².